The van der Waals surface area contributed by atoms with Gasteiger partial charge in [-0.05, 0) is 53.5 Å². The second-order valence-electron chi connectivity index (χ2n) is 8.60. The van der Waals surface area contributed by atoms with Crippen molar-refractivity contribution in [1.29, 1.82) is 0 Å². The summed E-state index contributed by atoms with van der Waals surface area (Å²) in [7, 11) is 1.02. The minimum atomic E-state index is -6.40. The number of carbonyl (C=O) groups excluding carboxylic acids is 2. The summed E-state index contributed by atoms with van der Waals surface area (Å²) in [5.41, 5.74) is -9.02. The average Bonchev–Trinajstić information content (AvgIpc) is 2.89. The first-order valence-electron chi connectivity index (χ1n) is 11.9. The zero-order valence-electron chi connectivity index (χ0n) is 22.2. The molecule has 0 unspecified atom stereocenters. The monoisotopic (exact) mass is 687 g/mol. The third-order valence-corrected chi connectivity index (χ3v) is 6.75. The SMILES string of the molecule is C=C/C(=C\N=CC)C(=O)N(CCC)c1cccc(C(=O)N(C)c2c(Cl)cc(C(F)(C(F)(F)F)C(F)(F)F)cc2Br)c1F. The van der Waals surface area contributed by atoms with Crippen LogP contribution in [-0.2, 0) is 10.5 Å². The lowest BCUT2D eigenvalue weighted by Crippen LogP contribution is -2.50. The lowest BCUT2D eigenvalue weighted by molar-refractivity contribution is -0.348. The van der Waals surface area contributed by atoms with Crippen molar-refractivity contribution in [2.75, 3.05) is 23.4 Å². The number of rotatable bonds is 9. The largest absolute Gasteiger partial charge is 0.435 e. The number of benzene rings is 2. The molecule has 0 radical (unpaired) electrons. The molecule has 2 amide bonds. The number of amides is 2. The van der Waals surface area contributed by atoms with Gasteiger partial charge in [0.05, 0.1) is 27.5 Å². The van der Waals surface area contributed by atoms with Crippen molar-refractivity contribution in [2.45, 2.75) is 38.3 Å². The van der Waals surface area contributed by atoms with Gasteiger partial charge in [0.25, 0.3) is 11.8 Å². The molecule has 0 saturated heterocycles. The zero-order chi connectivity index (χ0) is 32.2. The average molecular weight is 689 g/mol. The number of hydrogen-bond acceptors (Lipinski definition) is 3. The molecule has 0 aliphatic carbocycles. The molecule has 2 rings (SSSR count). The fraction of sp³-hybridized carbons (Fsp3) is 0.296. The quantitative estimate of drug-likeness (QED) is 0.115. The Morgan fingerprint density at radius 2 is 1.69 bits per heavy atom. The summed E-state index contributed by atoms with van der Waals surface area (Å²) < 4.78 is 109. The van der Waals surface area contributed by atoms with Gasteiger partial charge in [-0.3, -0.25) is 14.6 Å². The third kappa shape index (κ3) is 6.69. The lowest BCUT2D eigenvalue weighted by Gasteiger charge is -2.31. The number of anilines is 2. The lowest BCUT2D eigenvalue weighted by atomic mass is 9.94. The molecule has 0 aliphatic heterocycles. The molecule has 0 heterocycles. The summed E-state index contributed by atoms with van der Waals surface area (Å²) in [6.45, 7) is 6.90. The van der Waals surface area contributed by atoms with E-state index in [-0.39, 0.29) is 29.9 Å². The van der Waals surface area contributed by atoms with Gasteiger partial charge in [0.2, 0.25) is 0 Å². The first-order valence-corrected chi connectivity index (χ1v) is 13.1. The maximum absolute atomic E-state index is 15.8. The van der Waals surface area contributed by atoms with Crippen molar-refractivity contribution in [3.63, 3.8) is 0 Å². The Morgan fingerprint density at radius 1 is 1.10 bits per heavy atom. The van der Waals surface area contributed by atoms with Crippen LogP contribution in [0.15, 0.2) is 64.2 Å². The van der Waals surface area contributed by atoms with Gasteiger partial charge >= 0.3 is 18.0 Å². The highest BCUT2D eigenvalue weighted by molar-refractivity contribution is 9.10. The molecule has 5 nitrogen and oxygen atoms in total. The molecule has 0 aromatic heterocycles. The zero-order valence-corrected chi connectivity index (χ0v) is 24.5. The Morgan fingerprint density at radius 3 is 2.17 bits per heavy atom. The third-order valence-electron chi connectivity index (χ3n) is 5.86. The second kappa shape index (κ2) is 13.4. The van der Waals surface area contributed by atoms with Crippen LogP contribution in [0.1, 0.15) is 36.2 Å². The van der Waals surface area contributed by atoms with Gasteiger partial charge in [-0.2, -0.15) is 26.3 Å². The summed E-state index contributed by atoms with van der Waals surface area (Å²) in [6, 6.07) is 3.82. The van der Waals surface area contributed by atoms with Crippen molar-refractivity contribution in [3.8, 4) is 0 Å². The van der Waals surface area contributed by atoms with Crippen LogP contribution >= 0.6 is 27.5 Å². The molecule has 0 N–H and O–H groups in total. The van der Waals surface area contributed by atoms with Gasteiger partial charge < -0.3 is 9.80 Å². The van der Waals surface area contributed by atoms with E-state index >= 15 is 4.39 Å². The molecule has 2 aromatic carbocycles. The molecule has 0 bridgehead atoms. The van der Waals surface area contributed by atoms with Gasteiger partial charge in [-0.25, -0.2) is 8.78 Å². The predicted molar refractivity (Wildman–Crippen MR) is 148 cm³/mol. The molecule has 0 saturated carbocycles. The van der Waals surface area contributed by atoms with Crippen LogP contribution in [0.25, 0.3) is 0 Å². The minimum absolute atomic E-state index is 0.0203. The molecule has 0 aliphatic rings. The first-order chi connectivity index (χ1) is 19.4. The highest BCUT2D eigenvalue weighted by Crippen LogP contribution is 2.54. The highest BCUT2D eigenvalue weighted by atomic mass is 79.9. The predicted octanol–water partition coefficient (Wildman–Crippen LogP) is 8.71. The molecular formula is C27H23BrClF8N3O2. The van der Waals surface area contributed by atoms with E-state index in [9.17, 15) is 40.3 Å². The van der Waals surface area contributed by atoms with Crippen LogP contribution in [0.3, 0.4) is 0 Å². The number of nitrogens with zero attached hydrogens (tertiary/aromatic N) is 3. The second-order valence-corrected chi connectivity index (χ2v) is 9.86. The summed E-state index contributed by atoms with van der Waals surface area (Å²) in [6.07, 6.45) is -8.58. The molecule has 0 fully saturated rings. The molecule has 15 heteroatoms. The summed E-state index contributed by atoms with van der Waals surface area (Å²) in [5, 5.41) is -0.873. The van der Waals surface area contributed by atoms with E-state index in [1.54, 1.807) is 13.8 Å². The maximum Gasteiger partial charge on any atom is 0.435 e. The molecule has 42 heavy (non-hydrogen) atoms. The Kier molecular flexibility index (Phi) is 11.1. The Bertz CT molecular complexity index is 1390. The van der Waals surface area contributed by atoms with Crippen molar-refractivity contribution in [2.24, 2.45) is 4.99 Å². The summed E-state index contributed by atoms with van der Waals surface area (Å²) >= 11 is 8.72. The van der Waals surface area contributed by atoms with Crippen molar-refractivity contribution in [3.05, 3.63) is 81.2 Å². The highest BCUT2D eigenvalue weighted by Gasteiger charge is 2.73. The van der Waals surface area contributed by atoms with Gasteiger partial charge in [0.1, 0.15) is 0 Å². The van der Waals surface area contributed by atoms with Crippen molar-refractivity contribution >= 4 is 56.9 Å². The molecule has 0 atom stereocenters. The number of aliphatic imine (C=N–C) groups is 1. The summed E-state index contributed by atoms with van der Waals surface area (Å²) in [5.74, 6) is -2.97. The van der Waals surface area contributed by atoms with Crippen molar-refractivity contribution in [1.82, 2.24) is 0 Å². The van der Waals surface area contributed by atoms with E-state index in [0.29, 0.717) is 11.3 Å². The maximum atomic E-state index is 15.8. The Hall–Kier alpha value is -3.26. The molecule has 2 aromatic rings. The first kappa shape index (κ1) is 34.9. The van der Waals surface area contributed by atoms with E-state index in [2.05, 4.69) is 27.5 Å². The van der Waals surface area contributed by atoms with E-state index < -0.39 is 62.0 Å². The fourth-order valence-corrected chi connectivity index (χ4v) is 5.00. The van der Waals surface area contributed by atoms with E-state index in [1.807, 2.05) is 0 Å². The number of hydrogen-bond donors (Lipinski definition) is 0. The number of halogens is 10. The Balaban J connectivity index is 2.62. The van der Waals surface area contributed by atoms with Gasteiger partial charge in [-0.1, -0.05) is 37.2 Å². The topological polar surface area (TPSA) is 53.0 Å². The van der Waals surface area contributed by atoms with Crippen LogP contribution in [0, 0.1) is 5.82 Å². The van der Waals surface area contributed by atoms with Gasteiger partial charge in [-0.15, -0.1) is 0 Å². The normalized spacial score (nSPS) is 12.9. The molecular weight excluding hydrogens is 666 g/mol. The van der Waals surface area contributed by atoms with Crippen LogP contribution in [0.4, 0.5) is 46.5 Å². The van der Waals surface area contributed by atoms with E-state index in [0.717, 1.165) is 18.0 Å². The smallest absolute Gasteiger partial charge is 0.309 e. The fourth-order valence-electron chi connectivity index (χ4n) is 3.81. The van der Waals surface area contributed by atoms with Crippen LogP contribution < -0.4 is 9.80 Å². The van der Waals surface area contributed by atoms with Crippen LogP contribution in [0.2, 0.25) is 5.02 Å². The molecule has 228 valence electrons. The summed E-state index contributed by atoms with van der Waals surface area (Å²) in [4.78, 5) is 32.0. The molecule has 0 spiro atoms. The van der Waals surface area contributed by atoms with Crippen LogP contribution in [0.5, 0.6) is 0 Å². The van der Waals surface area contributed by atoms with E-state index in [4.69, 9.17) is 11.6 Å². The number of carbonyl (C=O) groups is 2. The standard InChI is InChI=1S/C27H23BrClF8N3O2/c1-5-11-40(23(41)15(6-2)14-38-7-3)20-10-8-9-17(21(20)30)24(42)39(4)22-18(28)12-16(13-19(22)29)25(31,26(32,33)34)27(35,36)37/h6-10,12-14H,2,5,11H2,1,3-4H3/b15-14+,38-7?. The van der Waals surface area contributed by atoms with E-state index in [1.165, 1.54) is 30.6 Å². The van der Waals surface area contributed by atoms with Crippen LogP contribution in [-0.4, -0.2) is 44.0 Å². The number of alkyl halides is 7. The van der Waals surface area contributed by atoms with Crippen molar-refractivity contribution < 1.29 is 44.7 Å². The Labute approximate surface area is 249 Å². The minimum Gasteiger partial charge on any atom is -0.309 e. The van der Waals surface area contributed by atoms with Gasteiger partial charge in [0.15, 0.2) is 5.82 Å². The van der Waals surface area contributed by atoms with Gasteiger partial charge in [0, 0.05) is 36.0 Å².